The first-order valence-corrected chi connectivity index (χ1v) is 8.90. The van der Waals surface area contributed by atoms with Crippen molar-refractivity contribution in [2.45, 2.75) is 19.3 Å². The number of nitrogens with zero attached hydrogens (tertiary/aromatic N) is 1. The molecule has 1 saturated heterocycles. The third-order valence-corrected chi connectivity index (χ3v) is 3.84. The van der Waals surface area contributed by atoms with Gasteiger partial charge < -0.3 is 33.3 Å². The molecule has 1 fully saturated rings. The van der Waals surface area contributed by atoms with Gasteiger partial charge in [0.25, 0.3) is 0 Å². The van der Waals surface area contributed by atoms with Crippen LogP contribution < -0.4 is 5.11 Å². The van der Waals surface area contributed by atoms with E-state index in [1.54, 1.807) is 7.11 Å². The normalized spacial score (nSPS) is 15.4. The van der Waals surface area contributed by atoms with Crippen LogP contribution in [0.1, 0.15) is 19.3 Å². The molecule has 0 aromatic heterocycles. The van der Waals surface area contributed by atoms with Crippen LogP contribution in [0, 0.1) is 0 Å². The van der Waals surface area contributed by atoms with Crippen molar-refractivity contribution in [3.8, 4) is 0 Å². The highest BCUT2D eigenvalue weighted by atomic mass is 16.6. The van der Waals surface area contributed by atoms with Crippen LogP contribution in [0.5, 0.6) is 0 Å². The van der Waals surface area contributed by atoms with E-state index in [-0.39, 0.29) is 13.0 Å². The molecule has 0 radical (unpaired) electrons. The highest BCUT2D eigenvalue weighted by Crippen LogP contribution is 2.15. The fourth-order valence-corrected chi connectivity index (χ4v) is 2.43. The van der Waals surface area contributed by atoms with E-state index < -0.39 is 5.97 Å². The predicted molar refractivity (Wildman–Crippen MR) is 94.2 cm³/mol. The fourth-order valence-electron chi connectivity index (χ4n) is 2.43. The van der Waals surface area contributed by atoms with Crippen LogP contribution in [-0.2, 0) is 23.7 Å². The SMILES string of the molecule is C=CC[N+]1(C)CCCC1.COCCOCCOCCOCCC(=O)[O-]. The fraction of sp³-hybridized carbons (Fsp3) is 0.833. The van der Waals surface area contributed by atoms with Gasteiger partial charge in [-0.05, 0) is 6.08 Å². The minimum absolute atomic E-state index is 0.0832. The van der Waals surface area contributed by atoms with Crippen molar-refractivity contribution < 1.29 is 33.3 Å². The smallest absolute Gasteiger partial charge is 0.0969 e. The zero-order valence-corrected chi connectivity index (χ0v) is 15.9. The van der Waals surface area contributed by atoms with Crippen LogP contribution in [0.3, 0.4) is 0 Å². The summed E-state index contributed by atoms with van der Waals surface area (Å²) in [5, 5.41) is 10.0. The number of ether oxygens (including phenoxy) is 4. The minimum atomic E-state index is -1.10. The van der Waals surface area contributed by atoms with Gasteiger partial charge in [0.1, 0.15) is 0 Å². The zero-order chi connectivity index (χ0) is 18.8. The van der Waals surface area contributed by atoms with Crippen molar-refractivity contribution in [1.29, 1.82) is 0 Å². The number of carbonyl (C=O) groups excluding carboxylic acids is 1. The summed E-state index contributed by atoms with van der Waals surface area (Å²) in [5.41, 5.74) is 0. The van der Waals surface area contributed by atoms with E-state index in [2.05, 4.69) is 13.6 Å². The van der Waals surface area contributed by atoms with Gasteiger partial charge in [0.05, 0.1) is 72.9 Å². The molecule has 0 saturated carbocycles. The lowest BCUT2D eigenvalue weighted by Gasteiger charge is -2.27. The van der Waals surface area contributed by atoms with Gasteiger partial charge in [-0.1, -0.05) is 6.58 Å². The largest absolute Gasteiger partial charge is 0.550 e. The first-order valence-electron chi connectivity index (χ1n) is 8.90. The van der Waals surface area contributed by atoms with E-state index in [4.69, 9.17) is 18.9 Å². The molecule has 1 heterocycles. The monoisotopic (exact) mass is 361 g/mol. The lowest BCUT2D eigenvalue weighted by Crippen LogP contribution is -2.40. The number of rotatable bonds is 14. The van der Waals surface area contributed by atoms with Crippen molar-refractivity contribution in [2.75, 3.05) is 80.0 Å². The molecule has 25 heavy (non-hydrogen) atoms. The summed E-state index contributed by atoms with van der Waals surface area (Å²) >= 11 is 0. The van der Waals surface area contributed by atoms with Gasteiger partial charge >= 0.3 is 0 Å². The average molecular weight is 361 g/mol. The molecule has 0 atom stereocenters. The molecule has 0 aromatic carbocycles. The maximum absolute atomic E-state index is 10.0. The second-order valence-electron chi connectivity index (χ2n) is 6.20. The van der Waals surface area contributed by atoms with Crippen LogP contribution in [0.15, 0.2) is 12.7 Å². The Balaban J connectivity index is 0.000000535. The summed E-state index contributed by atoms with van der Waals surface area (Å²) in [4.78, 5) is 10.0. The lowest BCUT2D eigenvalue weighted by atomic mass is 10.4. The Morgan fingerprint density at radius 1 is 1.00 bits per heavy atom. The third-order valence-electron chi connectivity index (χ3n) is 3.84. The number of likely N-dealkylation sites (N-methyl/N-ethyl adjacent to an activating group) is 1. The molecule has 0 unspecified atom stereocenters. The molecule has 0 aromatic rings. The van der Waals surface area contributed by atoms with E-state index in [1.807, 2.05) is 6.08 Å². The summed E-state index contributed by atoms with van der Waals surface area (Å²) < 4.78 is 21.3. The lowest BCUT2D eigenvalue weighted by molar-refractivity contribution is -0.891. The van der Waals surface area contributed by atoms with Gasteiger partial charge in [0.2, 0.25) is 0 Å². The van der Waals surface area contributed by atoms with Crippen molar-refractivity contribution in [3.05, 3.63) is 12.7 Å². The maximum Gasteiger partial charge on any atom is 0.0969 e. The van der Waals surface area contributed by atoms with E-state index in [1.165, 1.54) is 30.4 Å². The molecule has 148 valence electrons. The minimum Gasteiger partial charge on any atom is -0.550 e. The van der Waals surface area contributed by atoms with Gasteiger partial charge in [-0.15, -0.1) is 0 Å². The number of methoxy groups -OCH3 is 1. The molecule has 0 aliphatic carbocycles. The third kappa shape index (κ3) is 16.2. The molecule has 0 bridgehead atoms. The molecule has 1 aliphatic rings. The average Bonchev–Trinajstić information content (AvgIpc) is 3.00. The standard InChI is InChI=1S/C10H20O6.C8H16N/c1-13-4-5-15-8-9-16-7-6-14-3-2-10(11)12;1-3-6-9(2)7-4-5-8-9/h2-9H2,1H3,(H,11,12);3H,1,4-8H2,2H3/q;+1/p-1. The van der Waals surface area contributed by atoms with Crippen molar-refractivity contribution in [2.24, 2.45) is 0 Å². The van der Waals surface area contributed by atoms with Crippen LogP contribution in [0.2, 0.25) is 0 Å². The highest BCUT2D eigenvalue weighted by molar-refractivity contribution is 5.64. The van der Waals surface area contributed by atoms with Crippen LogP contribution in [-0.4, -0.2) is 90.5 Å². The van der Waals surface area contributed by atoms with Gasteiger partial charge in [-0.2, -0.15) is 0 Å². The number of quaternary nitrogens is 1. The van der Waals surface area contributed by atoms with Crippen LogP contribution >= 0.6 is 0 Å². The first-order chi connectivity index (χ1) is 12.0. The summed E-state index contributed by atoms with van der Waals surface area (Å²) in [6, 6.07) is 0. The molecule has 1 rings (SSSR count). The second-order valence-corrected chi connectivity index (χ2v) is 6.20. The zero-order valence-electron chi connectivity index (χ0n) is 15.9. The van der Waals surface area contributed by atoms with Crippen molar-refractivity contribution >= 4 is 5.97 Å². The molecule has 7 nitrogen and oxygen atoms in total. The van der Waals surface area contributed by atoms with E-state index in [0.717, 1.165) is 6.54 Å². The summed E-state index contributed by atoms with van der Waals surface area (Å²) in [7, 11) is 3.93. The van der Waals surface area contributed by atoms with E-state index in [9.17, 15) is 9.90 Å². The van der Waals surface area contributed by atoms with Gasteiger partial charge in [-0.25, -0.2) is 0 Å². The number of likely N-dealkylation sites (tertiary alicyclic amines) is 1. The van der Waals surface area contributed by atoms with Crippen LogP contribution in [0.25, 0.3) is 0 Å². The Bertz CT molecular complexity index is 332. The summed E-state index contributed by atoms with van der Waals surface area (Å²) in [6.07, 6.45) is 4.76. The molecular weight excluding hydrogens is 326 g/mol. The number of aliphatic carboxylic acids is 1. The van der Waals surface area contributed by atoms with Gasteiger partial charge in [-0.3, -0.25) is 0 Å². The molecule has 0 amide bonds. The Labute approximate surface area is 152 Å². The number of hydrogen-bond acceptors (Lipinski definition) is 6. The maximum atomic E-state index is 10.0. The van der Waals surface area contributed by atoms with E-state index >= 15 is 0 Å². The van der Waals surface area contributed by atoms with Gasteiger partial charge in [0, 0.05) is 32.3 Å². The molecule has 1 aliphatic heterocycles. The highest BCUT2D eigenvalue weighted by Gasteiger charge is 2.24. The number of carboxylic acid groups (broad SMARTS) is 1. The Morgan fingerprint density at radius 3 is 1.92 bits per heavy atom. The Morgan fingerprint density at radius 2 is 1.48 bits per heavy atom. The van der Waals surface area contributed by atoms with Crippen molar-refractivity contribution in [3.63, 3.8) is 0 Å². The Hall–Kier alpha value is -0.990. The molecule has 0 N–H and O–H groups in total. The molecule has 0 spiro atoms. The van der Waals surface area contributed by atoms with E-state index in [0.29, 0.717) is 39.6 Å². The number of carboxylic acids is 1. The summed E-state index contributed by atoms with van der Waals surface area (Å²) in [6.45, 7) is 10.7. The summed E-state index contributed by atoms with van der Waals surface area (Å²) in [5.74, 6) is -1.10. The predicted octanol–water partition coefficient (Wildman–Crippen LogP) is 0.235. The van der Waals surface area contributed by atoms with Gasteiger partial charge in [0.15, 0.2) is 0 Å². The topological polar surface area (TPSA) is 77.0 Å². The first kappa shape index (κ1) is 24.0. The quantitative estimate of drug-likeness (QED) is 0.251. The number of carbonyl (C=O) groups is 1. The molecular formula is C18H35NO6. The Kier molecular flexibility index (Phi) is 15.8. The second kappa shape index (κ2) is 16.5. The van der Waals surface area contributed by atoms with Crippen LogP contribution in [0.4, 0.5) is 0 Å². The molecule has 7 heteroatoms. The van der Waals surface area contributed by atoms with Crippen molar-refractivity contribution in [1.82, 2.24) is 0 Å². The number of hydrogen-bond donors (Lipinski definition) is 0.